The molecule has 0 saturated heterocycles. The highest BCUT2D eigenvalue weighted by molar-refractivity contribution is 5.68. The SMILES string of the molecule is CCCC(NC(=O)OC(C)(C)C)C(N)COC1CCC(c2ccccc2OCCC(=O)O)CC1. The van der Waals surface area contributed by atoms with Crippen molar-refractivity contribution >= 4 is 12.1 Å². The maximum Gasteiger partial charge on any atom is 0.407 e. The van der Waals surface area contributed by atoms with E-state index in [9.17, 15) is 9.59 Å². The summed E-state index contributed by atoms with van der Waals surface area (Å²) in [6.07, 6.45) is 5.08. The summed E-state index contributed by atoms with van der Waals surface area (Å²) in [5.74, 6) is 0.262. The minimum atomic E-state index is -0.865. The summed E-state index contributed by atoms with van der Waals surface area (Å²) in [5, 5.41) is 11.8. The molecule has 2 rings (SSSR count). The van der Waals surface area contributed by atoms with Crippen LogP contribution >= 0.6 is 0 Å². The van der Waals surface area contributed by atoms with Crippen molar-refractivity contribution in [2.24, 2.45) is 5.73 Å². The summed E-state index contributed by atoms with van der Waals surface area (Å²) >= 11 is 0. The first-order valence-corrected chi connectivity index (χ1v) is 12.4. The predicted octanol–water partition coefficient (Wildman–Crippen LogP) is 4.60. The number of para-hydroxylation sites is 1. The number of benzene rings is 1. The average molecular weight is 479 g/mol. The van der Waals surface area contributed by atoms with Gasteiger partial charge in [-0.3, -0.25) is 4.79 Å². The molecule has 34 heavy (non-hydrogen) atoms. The molecule has 1 fully saturated rings. The van der Waals surface area contributed by atoms with Gasteiger partial charge in [0.1, 0.15) is 11.4 Å². The lowest BCUT2D eigenvalue weighted by Crippen LogP contribution is -2.51. The molecular formula is C26H42N2O6. The first-order valence-electron chi connectivity index (χ1n) is 12.4. The Labute approximate surface area is 203 Å². The van der Waals surface area contributed by atoms with Crippen LogP contribution in [0.25, 0.3) is 0 Å². The molecule has 0 spiro atoms. The Morgan fingerprint density at radius 1 is 1.18 bits per heavy atom. The molecule has 2 atom stereocenters. The van der Waals surface area contributed by atoms with Crippen LogP contribution in [0.15, 0.2) is 24.3 Å². The molecule has 8 heteroatoms. The van der Waals surface area contributed by atoms with Gasteiger partial charge >= 0.3 is 12.1 Å². The van der Waals surface area contributed by atoms with Crippen LogP contribution in [-0.4, -0.2) is 54.2 Å². The van der Waals surface area contributed by atoms with Crippen molar-refractivity contribution in [2.75, 3.05) is 13.2 Å². The number of hydrogen-bond donors (Lipinski definition) is 3. The van der Waals surface area contributed by atoms with Crippen LogP contribution in [-0.2, 0) is 14.3 Å². The smallest absolute Gasteiger partial charge is 0.407 e. The minimum absolute atomic E-state index is 0.0169. The standard InChI is InChI=1S/C26H42N2O6/c1-5-8-22(28-25(31)34-26(2,3)4)21(27)17-33-19-13-11-18(12-14-19)20-9-6-7-10-23(20)32-16-15-24(29)30/h6-7,9-10,18-19,21-22H,5,8,11-17,27H2,1-4H3,(H,28,31)(H,29,30). The van der Waals surface area contributed by atoms with Gasteiger partial charge in [0.15, 0.2) is 0 Å². The zero-order chi connectivity index (χ0) is 25.1. The normalized spacial score (nSPS) is 20.3. The van der Waals surface area contributed by atoms with E-state index in [-0.39, 0.29) is 31.2 Å². The van der Waals surface area contributed by atoms with Gasteiger partial charge in [-0.1, -0.05) is 31.5 Å². The molecule has 1 aliphatic carbocycles. The number of nitrogens with two attached hydrogens (primary N) is 1. The third-order valence-electron chi connectivity index (χ3n) is 5.95. The van der Waals surface area contributed by atoms with Gasteiger partial charge in [-0.2, -0.15) is 0 Å². The molecule has 0 radical (unpaired) electrons. The second kappa shape index (κ2) is 13.5. The highest BCUT2D eigenvalue weighted by atomic mass is 16.6. The van der Waals surface area contributed by atoms with Crippen LogP contribution in [0.3, 0.4) is 0 Å². The summed E-state index contributed by atoms with van der Waals surface area (Å²) in [6, 6.07) is 7.36. The zero-order valence-corrected chi connectivity index (χ0v) is 21.0. The highest BCUT2D eigenvalue weighted by Crippen LogP contribution is 2.38. The van der Waals surface area contributed by atoms with Crippen molar-refractivity contribution < 1.29 is 28.9 Å². The number of ether oxygens (including phenoxy) is 3. The van der Waals surface area contributed by atoms with Gasteiger partial charge in [-0.25, -0.2) is 4.79 Å². The van der Waals surface area contributed by atoms with E-state index in [0.717, 1.165) is 49.8 Å². The Morgan fingerprint density at radius 2 is 1.85 bits per heavy atom. The van der Waals surface area contributed by atoms with Gasteiger partial charge in [-0.15, -0.1) is 0 Å². The van der Waals surface area contributed by atoms with E-state index in [1.165, 1.54) is 0 Å². The number of carboxylic acids is 1. The van der Waals surface area contributed by atoms with Crippen molar-refractivity contribution in [1.29, 1.82) is 0 Å². The van der Waals surface area contributed by atoms with Gasteiger partial charge in [0.2, 0.25) is 0 Å². The van der Waals surface area contributed by atoms with Crippen molar-refractivity contribution in [3.05, 3.63) is 29.8 Å². The first-order chi connectivity index (χ1) is 16.1. The number of nitrogens with one attached hydrogen (secondary N) is 1. The topological polar surface area (TPSA) is 120 Å². The summed E-state index contributed by atoms with van der Waals surface area (Å²) in [7, 11) is 0. The molecule has 192 valence electrons. The zero-order valence-electron chi connectivity index (χ0n) is 21.0. The Balaban J connectivity index is 1.82. The fourth-order valence-electron chi connectivity index (χ4n) is 4.26. The number of carbonyl (C=O) groups is 2. The number of alkyl carbamates (subject to hydrolysis) is 1. The average Bonchev–Trinajstić information content (AvgIpc) is 2.76. The van der Waals surface area contributed by atoms with E-state index in [2.05, 4.69) is 18.3 Å². The largest absolute Gasteiger partial charge is 0.493 e. The Morgan fingerprint density at radius 3 is 2.47 bits per heavy atom. The van der Waals surface area contributed by atoms with Gasteiger partial charge < -0.3 is 30.4 Å². The fraction of sp³-hybridized carbons (Fsp3) is 0.692. The number of aliphatic carboxylic acids is 1. The van der Waals surface area contributed by atoms with Gasteiger partial charge in [0.05, 0.1) is 25.7 Å². The second-order valence-corrected chi connectivity index (χ2v) is 10.0. The number of hydrogen-bond acceptors (Lipinski definition) is 6. The Kier molecular flexibility index (Phi) is 11.1. The van der Waals surface area contributed by atoms with E-state index in [0.29, 0.717) is 12.5 Å². The first kappa shape index (κ1) is 27.9. The lowest BCUT2D eigenvalue weighted by atomic mass is 9.82. The molecular weight excluding hydrogens is 436 g/mol. The van der Waals surface area contributed by atoms with Crippen LogP contribution in [0.5, 0.6) is 5.75 Å². The third-order valence-corrected chi connectivity index (χ3v) is 5.95. The van der Waals surface area contributed by atoms with E-state index in [1.54, 1.807) is 0 Å². The molecule has 1 aromatic carbocycles. The second-order valence-electron chi connectivity index (χ2n) is 10.0. The molecule has 0 heterocycles. The van der Waals surface area contributed by atoms with E-state index >= 15 is 0 Å². The lowest BCUT2D eigenvalue weighted by molar-refractivity contribution is -0.137. The van der Waals surface area contributed by atoms with Crippen LogP contribution < -0.4 is 15.8 Å². The molecule has 8 nitrogen and oxygen atoms in total. The van der Waals surface area contributed by atoms with Gasteiger partial charge in [0.25, 0.3) is 0 Å². The highest BCUT2D eigenvalue weighted by Gasteiger charge is 2.27. The predicted molar refractivity (Wildman–Crippen MR) is 131 cm³/mol. The van der Waals surface area contributed by atoms with Gasteiger partial charge in [-0.05, 0) is 70.4 Å². The fourth-order valence-corrected chi connectivity index (χ4v) is 4.26. The molecule has 4 N–H and O–H groups in total. The number of rotatable bonds is 12. The molecule has 2 unspecified atom stereocenters. The third kappa shape index (κ3) is 9.89. The molecule has 1 aliphatic rings. The van der Waals surface area contributed by atoms with Crippen molar-refractivity contribution in [3.63, 3.8) is 0 Å². The summed E-state index contributed by atoms with van der Waals surface area (Å²) in [5.41, 5.74) is 6.96. The Hall–Kier alpha value is -2.32. The molecule has 1 amide bonds. The van der Waals surface area contributed by atoms with Crippen molar-refractivity contribution in [1.82, 2.24) is 5.32 Å². The Bertz CT molecular complexity index is 771. The number of carbonyl (C=O) groups excluding carboxylic acids is 1. The lowest BCUT2D eigenvalue weighted by Gasteiger charge is -2.32. The van der Waals surface area contributed by atoms with Crippen LogP contribution in [0, 0.1) is 0 Å². The number of amides is 1. The van der Waals surface area contributed by atoms with E-state index in [1.807, 2.05) is 39.0 Å². The maximum atomic E-state index is 12.2. The quantitative estimate of drug-likeness (QED) is 0.401. The monoisotopic (exact) mass is 478 g/mol. The maximum absolute atomic E-state index is 12.2. The molecule has 1 saturated carbocycles. The van der Waals surface area contributed by atoms with Crippen LogP contribution in [0.4, 0.5) is 4.79 Å². The summed E-state index contributed by atoms with van der Waals surface area (Å²) < 4.78 is 17.3. The molecule has 0 bridgehead atoms. The van der Waals surface area contributed by atoms with Gasteiger partial charge in [0, 0.05) is 12.1 Å². The van der Waals surface area contributed by atoms with Crippen molar-refractivity contribution in [2.45, 2.75) is 102 Å². The van der Waals surface area contributed by atoms with E-state index < -0.39 is 17.7 Å². The molecule has 0 aromatic heterocycles. The molecule has 1 aromatic rings. The summed E-state index contributed by atoms with van der Waals surface area (Å²) in [6.45, 7) is 8.11. The van der Waals surface area contributed by atoms with E-state index in [4.69, 9.17) is 25.1 Å². The molecule has 0 aliphatic heterocycles. The van der Waals surface area contributed by atoms with Crippen LogP contribution in [0.2, 0.25) is 0 Å². The number of carboxylic acid groups (broad SMARTS) is 1. The van der Waals surface area contributed by atoms with Crippen LogP contribution in [0.1, 0.15) is 84.1 Å². The minimum Gasteiger partial charge on any atom is -0.493 e. The van der Waals surface area contributed by atoms with Crippen molar-refractivity contribution in [3.8, 4) is 5.75 Å². The summed E-state index contributed by atoms with van der Waals surface area (Å²) in [4.78, 5) is 23.0.